The number of benzene rings is 2. The van der Waals surface area contributed by atoms with Gasteiger partial charge in [-0.05, 0) is 36.4 Å². The molecular formula is C19H16ClN3O3. The van der Waals surface area contributed by atoms with Crippen LogP contribution in [0.15, 0.2) is 53.1 Å². The topological polar surface area (TPSA) is 68.5 Å². The third-order valence-corrected chi connectivity index (χ3v) is 4.62. The van der Waals surface area contributed by atoms with Gasteiger partial charge in [-0.2, -0.15) is 4.98 Å². The summed E-state index contributed by atoms with van der Waals surface area (Å²) in [6.45, 7) is 0.502. The molecule has 3 aromatic rings. The number of ether oxygens (including phenoxy) is 1. The maximum absolute atomic E-state index is 12.4. The zero-order valence-electron chi connectivity index (χ0n) is 14.1. The summed E-state index contributed by atoms with van der Waals surface area (Å²) in [5, 5.41) is 4.63. The molecule has 1 amide bonds. The lowest BCUT2D eigenvalue weighted by Gasteiger charge is -2.16. The van der Waals surface area contributed by atoms with Gasteiger partial charge in [-0.1, -0.05) is 28.9 Å². The van der Waals surface area contributed by atoms with Crippen molar-refractivity contribution in [3.05, 3.63) is 59.4 Å². The van der Waals surface area contributed by atoms with Crippen LogP contribution in [0.25, 0.3) is 11.4 Å². The number of hydrogen-bond acceptors (Lipinski definition) is 5. The van der Waals surface area contributed by atoms with Crippen LogP contribution >= 0.6 is 11.6 Å². The van der Waals surface area contributed by atoms with E-state index in [1.807, 2.05) is 36.4 Å². The van der Waals surface area contributed by atoms with E-state index >= 15 is 0 Å². The summed E-state index contributed by atoms with van der Waals surface area (Å²) in [5.41, 5.74) is 1.61. The van der Waals surface area contributed by atoms with Crippen LogP contribution in [-0.4, -0.2) is 29.7 Å². The summed E-state index contributed by atoms with van der Waals surface area (Å²) in [4.78, 5) is 18.6. The Morgan fingerprint density at radius 2 is 2.04 bits per heavy atom. The van der Waals surface area contributed by atoms with Crippen LogP contribution in [0.5, 0.6) is 5.75 Å². The molecule has 0 N–H and O–H groups in total. The fraction of sp³-hybridized carbons (Fsp3) is 0.211. The minimum atomic E-state index is -0.134. The summed E-state index contributed by atoms with van der Waals surface area (Å²) in [6, 6.07) is 14.7. The number of nitrogens with zero attached hydrogens (tertiary/aromatic N) is 3. The molecule has 6 nitrogen and oxygen atoms in total. The van der Waals surface area contributed by atoms with E-state index in [0.717, 1.165) is 17.0 Å². The van der Waals surface area contributed by atoms with Gasteiger partial charge in [0.25, 0.3) is 0 Å². The number of amides is 1. The average Bonchev–Trinajstić information content (AvgIpc) is 3.29. The second kappa shape index (κ2) is 6.80. The molecule has 0 saturated carbocycles. The number of carbonyl (C=O) groups is 1. The second-order valence-corrected chi connectivity index (χ2v) is 6.51. The van der Waals surface area contributed by atoms with Crippen LogP contribution in [-0.2, 0) is 4.79 Å². The Balaban J connectivity index is 1.53. The van der Waals surface area contributed by atoms with Crippen molar-refractivity contribution in [2.24, 2.45) is 0 Å². The molecule has 1 aliphatic heterocycles. The Hall–Kier alpha value is -2.86. The molecule has 0 unspecified atom stereocenters. The Kier molecular flexibility index (Phi) is 4.34. The predicted octanol–water partition coefficient (Wildman–Crippen LogP) is 3.92. The zero-order valence-corrected chi connectivity index (χ0v) is 14.8. The molecule has 132 valence electrons. The van der Waals surface area contributed by atoms with Gasteiger partial charge in [-0.3, -0.25) is 4.79 Å². The highest BCUT2D eigenvalue weighted by molar-refractivity contribution is 6.30. The Morgan fingerprint density at radius 3 is 2.77 bits per heavy atom. The van der Waals surface area contributed by atoms with Gasteiger partial charge in [-0.25, -0.2) is 0 Å². The van der Waals surface area contributed by atoms with Crippen molar-refractivity contribution < 1.29 is 14.1 Å². The molecule has 1 aliphatic rings. The van der Waals surface area contributed by atoms with Crippen molar-refractivity contribution in [2.75, 3.05) is 18.6 Å². The summed E-state index contributed by atoms with van der Waals surface area (Å²) in [7, 11) is 1.61. The number of hydrogen-bond donors (Lipinski definition) is 0. The summed E-state index contributed by atoms with van der Waals surface area (Å²) < 4.78 is 10.6. The van der Waals surface area contributed by atoms with Crippen LogP contribution in [0.3, 0.4) is 0 Å². The summed E-state index contributed by atoms with van der Waals surface area (Å²) in [6.07, 6.45) is 0.337. The van der Waals surface area contributed by atoms with Crippen molar-refractivity contribution >= 4 is 23.2 Å². The van der Waals surface area contributed by atoms with Gasteiger partial charge in [0.1, 0.15) is 5.75 Å². The fourth-order valence-electron chi connectivity index (χ4n) is 3.03. The van der Waals surface area contributed by atoms with E-state index in [-0.39, 0.29) is 11.8 Å². The molecule has 0 bridgehead atoms. The van der Waals surface area contributed by atoms with E-state index in [2.05, 4.69) is 10.1 Å². The molecule has 2 heterocycles. The first kappa shape index (κ1) is 16.6. The van der Waals surface area contributed by atoms with Gasteiger partial charge in [-0.15, -0.1) is 0 Å². The lowest BCUT2D eigenvalue weighted by molar-refractivity contribution is -0.117. The third kappa shape index (κ3) is 3.15. The Bertz CT molecular complexity index is 939. The lowest BCUT2D eigenvalue weighted by atomic mass is 10.1. The highest BCUT2D eigenvalue weighted by Crippen LogP contribution is 2.32. The molecular weight excluding hydrogens is 354 g/mol. The minimum Gasteiger partial charge on any atom is -0.497 e. The van der Waals surface area contributed by atoms with Crippen molar-refractivity contribution in [3.8, 4) is 17.1 Å². The molecule has 1 saturated heterocycles. The van der Waals surface area contributed by atoms with Crippen LogP contribution in [0.1, 0.15) is 18.2 Å². The quantitative estimate of drug-likeness (QED) is 0.697. The number of methoxy groups -OCH3 is 1. The van der Waals surface area contributed by atoms with E-state index in [1.165, 1.54) is 0 Å². The third-order valence-electron chi connectivity index (χ3n) is 4.38. The van der Waals surface area contributed by atoms with Crippen LogP contribution < -0.4 is 9.64 Å². The molecule has 7 heteroatoms. The van der Waals surface area contributed by atoms with E-state index in [9.17, 15) is 4.79 Å². The smallest absolute Gasteiger partial charge is 0.232 e. The SMILES string of the molecule is COc1ccc(N2C[C@@H](c3nc(-c4cccc(Cl)c4)no3)CC2=O)cc1. The molecule has 4 rings (SSSR count). The summed E-state index contributed by atoms with van der Waals surface area (Å²) in [5.74, 6) is 1.58. The fourth-order valence-corrected chi connectivity index (χ4v) is 3.22. The van der Waals surface area contributed by atoms with Gasteiger partial charge in [0, 0.05) is 29.2 Å². The molecule has 26 heavy (non-hydrogen) atoms. The number of aromatic nitrogens is 2. The molecule has 0 aliphatic carbocycles. The first-order valence-electron chi connectivity index (χ1n) is 8.18. The molecule has 1 aromatic heterocycles. The highest BCUT2D eigenvalue weighted by Gasteiger charge is 2.35. The van der Waals surface area contributed by atoms with Gasteiger partial charge in [0.2, 0.25) is 17.6 Å². The summed E-state index contributed by atoms with van der Waals surface area (Å²) >= 11 is 6.01. The van der Waals surface area contributed by atoms with Gasteiger partial charge in [0.05, 0.1) is 13.0 Å². The monoisotopic (exact) mass is 369 g/mol. The second-order valence-electron chi connectivity index (χ2n) is 6.07. The average molecular weight is 370 g/mol. The largest absolute Gasteiger partial charge is 0.497 e. The number of anilines is 1. The first-order valence-corrected chi connectivity index (χ1v) is 8.56. The molecule has 2 aromatic carbocycles. The van der Waals surface area contributed by atoms with E-state index in [4.69, 9.17) is 20.9 Å². The normalized spacial score (nSPS) is 16.9. The number of rotatable bonds is 4. The van der Waals surface area contributed by atoms with Crippen molar-refractivity contribution in [1.82, 2.24) is 10.1 Å². The zero-order chi connectivity index (χ0) is 18.1. The van der Waals surface area contributed by atoms with E-state index in [0.29, 0.717) is 29.7 Å². The maximum Gasteiger partial charge on any atom is 0.232 e. The van der Waals surface area contributed by atoms with Crippen molar-refractivity contribution in [3.63, 3.8) is 0 Å². The van der Waals surface area contributed by atoms with Crippen molar-refractivity contribution in [2.45, 2.75) is 12.3 Å². The minimum absolute atomic E-state index is 0.0303. The molecule has 1 atom stereocenters. The van der Waals surface area contributed by atoms with Crippen molar-refractivity contribution in [1.29, 1.82) is 0 Å². The van der Waals surface area contributed by atoms with Gasteiger partial charge in [0.15, 0.2) is 0 Å². The molecule has 0 spiro atoms. The lowest BCUT2D eigenvalue weighted by Crippen LogP contribution is -2.24. The maximum atomic E-state index is 12.4. The number of carbonyl (C=O) groups excluding carboxylic acids is 1. The number of halogens is 1. The Labute approximate surface area is 155 Å². The predicted molar refractivity (Wildman–Crippen MR) is 97.4 cm³/mol. The standard InChI is InChI=1S/C19H16ClN3O3/c1-25-16-7-5-15(6-8-16)23-11-13(10-17(23)24)19-21-18(22-26-19)12-3-2-4-14(20)9-12/h2-9,13H,10-11H2,1H3/t13-/m0/s1. The molecule has 0 radical (unpaired) electrons. The highest BCUT2D eigenvalue weighted by atomic mass is 35.5. The van der Waals surface area contributed by atoms with Crippen LogP contribution in [0.4, 0.5) is 5.69 Å². The van der Waals surface area contributed by atoms with E-state index in [1.54, 1.807) is 24.1 Å². The Morgan fingerprint density at radius 1 is 1.23 bits per heavy atom. The van der Waals surface area contributed by atoms with E-state index < -0.39 is 0 Å². The first-order chi connectivity index (χ1) is 12.6. The van der Waals surface area contributed by atoms with Crippen LogP contribution in [0, 0.1) is 0 Å². The molecule has 1 fully saturated rings. The van der Waals surface area contributed by atoms with Gasteiger partial charge >= 0.3 is 0 Å². The van der Waals surface area contributed by atoms with Gasteiger partial charge < -0.3 is 14.2 Å². The van der Waals surface area contributed by atoms with Crippen LogP contribution in [0.2, 0.25) is 5.02 Å².